The van der Waals surface area contributed by atoms with Crippen molar-refractivity contribution >= 4 is 17.3 Å². The number of aromatic nitrogens is 3. The average molecular weight is 304 g/mol. The first kappa shape index (κ1) is 14.1. The molecule has 0 amide bonds. The Hall–Kier alpha value is -1.89. The van der Waals surface area contributed by atoms with Crippen LogP contribution in [0.25, 0.3) is 0 Å². The number of rotatable bonds is 4. The number of fused-ring (bicyclic) bond motifs is 1. The van der Waals surface area contributed by atoms with Crippen LogP contribution in [0.1, 0.15) is 28.5 Å². The highest BCUT2D eigenvalue weighted by atomic mass is 32.1. The summed E-state index contributed by atoms with van der Waals surface area (Å²) in [6.45, 7) is 4.60. The van der Waals surface area contributed by atoms with Gasteiger partial charge in [0.25, 0.3) is 0 Å². The molecule has 1 aliphatic rings. The van der Waals surface area contributed by atoms with Crippen molar-refractivity contribution < 1.29 is 0 Å². The van der Waals surface area contributed by atoms with Gasteiger partial charge in [-0.2, -0.15) is 0 Å². The average Bonchev–Trinajstić information content (AvgIpc) is 3.17. The lowest BCUT2D eigenvalue weighted by molar-refractivity contribution is 0.663. The van der Waals surface area contributed by atoms with E-state index >= 15 is 0 Å². The van der Waals surface area contributed by atoms with Gasteiger partial charge in [-0.05, 0) is 30.4 Å². The Bertz CT molecular complexity index is 642. The van der Waals surface area contributed by atoms with Gasteiger partial charge in [-0.25, -0.2) is 0 Å². The van der Waals surface area contributed by atoms with Crippen LogP contribution >= 0.6 is 11.3 Å². The largest absolute Gasteiger partial charge is 0.352 e. The third-order valence-corrected chi connectivity index (χ3v) is 4.73. The second-order valence-corrected chi connectivity index (χ2v) is 6.09. The number of hydrogen-bond donors (Lipinski definition) is 2. The molecule has 21 heavy (non-hydrogen) atoms. The van der Waals surface area contributed by atoms with Gasteiger partial charge in [-0.15, -0.1) is 21.5 Å². The molecule has 6 nitrogen and oxygen atoms in total. The molecule has 0 aliphatic carbocycles. The Morgan fingerprint density at radius 2 is 2.24 bits per heavy atom. The quantitative estimate of drug-likeness (QED) is 0.663. The van der Waals surface area contributed by atoms with Gasteiger partial charge in [-0.3, -0.25) is 4.99 Å². The lowest BCUT2D eigenvalue weighted by atomic mass is 10.3. The van der Waals surface area contributed by atoms with Crippen LogP contribution in [0, 0.1) is 6.92 Å². The van der Waals surface area contributed by atoms with Crippen molar-refractivity contribution in [3.8, 4) is 0 Å². The summed E-state index contributed by atoms with van der Waals surface area (Å²) < 4.78 is 2.20. The molecule has 2 aromatic heterocycles. The monoisotopic (exact) mass is 304 g/mol. The molecule has 0 fully saturated rings. The van der Waals surface area contributed by atoms with Gasteiger partial charge in [0, 0.05) is 24.9 Å². The molecule has 0 spiro atoms. The molecule has 0 saturated heterocycles. The SMILES string of the molecule is CN=C(NCc1sccc1C)NCc1nnc2n1CCC2. The van der Waals surface area contributed by atoms with Crippen molar-refractivity contribution in [3.05, 3.63) is 33.5 Å². The highest BCUT2D eigenvalue weighted by Gasteiger charge is 2.17. The zero-order chi connectivity index (χ0) is 14.7. The minimum atomic E-state index is 0.649. The molecule has 7 heteroatoms. The van der Waals surface area contributed by atoms with Crippen molar-refractivity contribution in [2.24, 2.45) is 4.99 Å². The molecular formula is C14H20N6S. The van der Waals surface area contributed by atoms with Gasteiger partial charge in [-0.1, -0.05) is 0 Å². The predicted molar refractivity (Wildman–Crippen MR) is 84.4 cm³/mol. The molecule has 0 unspecified atom stereocenters. The van der Waals surface area contributed by atoms with Crippen LogP contribution in [-0.4, -0.2) is 27.8 Å². The maximum atomic E-state index is 4.25. The normalized spacial score (nSPS) is 14.3. The number of aliphatic imine (C=N–C) groups is 1. The van der Waals surface area contributed by atoms with Gasteiger partial charge >= 0.3 is 0 Å². The summed E-state index contributed by atoms with van der Waals surface area (Å²) in [5.74, 6) is 2.87. The van der Waals surface area contributed by atoms with E-state index in [0.717, 1.165) is 37.1 Å². The van der Waals surface area contributed by atoms with Gasteiger partial charge in [0.2, 0.25) is 0 Å². The molecule has 3 heterocycles. The third-order valence-electron chi connectivity index (χ3n) is 3.71. The van der Waals surface area contributed by atoms with E-state index in [4.69, 9.17) is 0 Å². The van der Waals surface area contributed by atoms with E-state index in [2.05, 4.69) is 48.8 Å². The fourth-order valence-electron chi connectivity index (χ4n) is 2.47. The number of guanidine groups is 1. The Morgan fingerprint density at radius 3 is 3.00 bits per heavy atom. The smallest absolute Gasteiger partial charge is 0.191 e. The van der Waals surface area contributed by atoms with E-state index < -0.39 is 0 Å². The molecule has 2 N–H and O–H groups in total. The number of nitrogens with zero attached hydrogens (tertiary/aromatic N) is 4. The van der Waals surface area contributed by atoms with Crippen molar-refractivity contribution in [2.75, 3.05) is 7.05 Å². The first-order valence-electron chi connectivity index (χ1n) is 7.16. The van der Waals surface area contributed by atoms with Crippen LogP contribution in [0.3, 0.4) is 0 Å². The molecule has 1 aliphatic heterocycles. The van der Waals surface area contributed by atoms with Crippen LogP contribution < -0.4 is 10.6 Å². The lowest BCUT2D eigenvalue weighted by Gasteiger charge is -2.11. The molecule has 0 bridgehead atoms. The number of nitrogens with one attached hydrogen (secondary N) is 2. The van der Waals surface area contributed by atoms with E-state index in [-0.39, 0.29) is 0 Å². The molecular weight excluding hydrogens is 284 g/mol. The second kappa shape index (κ2) is 6.26. The van der Waals surface area contributed by atoms with E-state index in [1.807, 2.05) is 0 Å². The minimum Gasteiger partial charge on any atom is -0.352 e. The van der Waals surface area contributed by atoms with E-state index in [0.29, 0.717) is 6.54 Å². The second-order valence-electron chi connectivity index (χ2n) is 5.09. The zero-order valence-electron chi connectivity index (χ0n) is 12.4. The number of thiophene rings is 1. The molecule has 2 aromatic rings. The van der Waals surface area contributed by atoms with Crippen molar-refractivity contribution in [1.82, 2.24) is 25.4 Å². The summed E-state index contributed by atoms with van der Waals surface area (Å²) in [5, 5.41) is 17.2. The summed E-state index contributed by atoms with van der Waals surface area (Å²) in [5.41, 5.74) is 1.32. The fraction of sp³-hybridized carbons (Fsp3) is 0.500. The number of hydrogen-bond acceptors (Lipinski definition) is 4. The number of aryl methyl sites for hydroxylation is 2. The molecule has 3 rings (SSSR count). The minimum absolute atomic E-state index is 0.649. The van der Waals surface area contributed by atoms with Crippen LogP contribution in [0.5, 0.6) is 0 Å². The summed E-state index contributed by atoms with van der Waals surface area (Å²) in [4.78, 5) is 5.59. The van der Waals surface area contributed by atoms with Gasteiger partial charge in [0.15, 0.2) is 11.8 Å². The summed E-state index contributed by atoms with van der Waals surface area (Å²) >= 11 is 1.76. The topological polar surface area (TPSA) is 67.1 Å². The molecule has 0 atom stereocenters. The van der Waals surface area contributed by atoms with Crippen LogP contribution in [0.15, 0.2) is 16.4 Å². The highest BCUT2D eigenvalue weighted by molar-refractivity contribution is 7.10. The molecule has 0 radical (unpaired) electrons. The van der Waals surface area contributed by atoms with Gasteiger partial charge < -0.3 is 15.2 Å². The lowest BCUT2D eigenvalue weighted by Crippen LogP contribution is -2.36. The van der Waals surface area contributed by atoms with E-state index in [9.17, 15) is 0 Å². The standard InChI is InChI=1S/C14H20N6S/c1-10-5-7-21-11(10)8-16-14(15-2)17-9-13-19-18-12-4-3-6-20(12)13/h5,7H,3-4,6,8-9H2,1-2H3,(H2,15,16,17). The van der Waals surface area contributed by atoms with Gasteiger partial charge in [0.1, 0.15) is 5.82 Å². The van der Waals surface area contributed by atoms with Crippen molar-refractivity contribution in [2.45, 2.75) is 39.4 Å². The van der Waals surface area contributed by atoms with Crippen LogP contribution in [-0.2, 0) is 26.1 Å². The van der Waals surface area contributed by atoms with Crippen molar-refractivity contribution in [3.63, 3.8) is 0 Å². The maximum Gasteiger partial charge on any atom is 0.191 e. The third kappa shape index (κ3) is 3.07. The van der Waals surface area contributed by atoms with E-state index in [1.54, 1.807) is 18.4 Å². The Kier molecular flexibility index (Phi) is 4.19. The summed E-state index contributed by atoms with van der Waals surface area (Å²) in [6.07, 6.45) is 2.21. The van der Waals surface area contributed by atoms with Crippen molar-refractivity contribution in [1.29, 1.82) is 0 Å². The molecule has 0 saturated carbocycles. The summed E-state index contributed by atoms with van der Waals surface area (Å²) in [7, 11) is 1.78. The molecule has 112 valence electrons. The fourth-order valence-corrected chi connectivity index (χ4v) is 3.32. The van der Waals surface area contributed by atoms with Crippen LogP contribution in [0.4, 0.5) is 0 Å². The van der Waals surface area contributed by atoms with Crippen LogP contribution in [0.2, 0.25) is 0 Å². The van der Waals surface area contributed by atoms with Gasteiger partial charge in [0.05, 0.1) is 13.1 Å². The molecule has 0 aromatic carbocycles. The first-order valence-corrected chi connectivity index (χ1v) is 8.04. The zero-order valence-corrected chi connectivity index (χ0v) is 13.2. The highest BCUT2D eigenvalue weighted by Crippen LogP contribution is 2.15. The first-order chi connectivity index (χ1) is 10.3. The maximum absolute atomic E-state index is 4.25. The Balaban J connectivity index is 1.54. The summed E-state index contributed by atoms with van der Waals surface area (Å²) in [6, 6.07) is 2.14. The predicted octanol–water partition coefficient (Wildman–Crippen LogP) is 1.46. The Labute approximate surface area is 128 Å². The Morgan fingerprint density at radius 1 is 1.38 bits per heavy atom. The van der Waals surface area contributed by atoms with E-state index in [1.165, 1.54) is 16.9 Å².